The van der Waals surface area contributed by atoms with E-state index in [1.54, 1.807) is 12.1 Å². The van der Waals surface area contributed by atoms with Crippen molar-refractivity contribution in [1.82, 2.24) is 4.57 Å². The van der Waals surface area contributed by atoms with Crippen LogP contribution in [-0.4, -0.2) is 15.6 Å². The van der Waals surface area contributed by atoms with Gasteiger partial charge in [0, 0.05) is 17.6 Å². The number of nitriles is 1. The Morgan fingerprint density at radius 3 is 2.83 bits per heavy atom. The van der Waals surface area contributed by atoms with Gasteiger partial charge in [-0.1, -0.05) is 56.9 Å². The molecule has 1 N–H and O–H groups in total. The largest absolute Gasteiger partial charge is 0.478 e. The van der Waals surface area contributed by atoms with Crippen molar-refractivity contribution in [3.05, 3.63) is 70.4 Å². The van der Waals surface area contributed by atoms with Gasteiger partial charge in [-0.25, -0.2) is 4.79 Å². The summed E-state index contributed by atoms with van der Waals surface area (Å²) < 4.78 is 2.20. The molecule has 0 saturated carbocycles. The Balaban J connectivity index is 1.79. The Hall–Kier alpha value is -3.06. The number of hydrogen-bond acceptors (Lipinski definition) is 2. The summed E-state index contributed by atoms with van der Waals surface area (Å²) in [5.41, 5.74) is 5.45. The van der Waals surface area contributed by atoms with E-state index in [2.05, 4.69) is 23.6 Å². The summed E-state index contributed by atoms with van der Waals surface area (Å²) in [6.45, 7) is 2.83. The average Bonchev–Trinajstić information content (AvgIpc) is 3.07. The first kappa shape index (κ1) is 20.2. The molecule has 1 aromatic heterocycles. The molecule has 2 aromatic carbocycles. The molecule has 0 amide bonds. The third kappa shape index (κ3) is 3.85. The van der Waals surface area contributed by atoms with Crippen molar-refractivity contribution < 1.29 is 9.90 Å². The van der Waals surface area contributed by atoms with Crippen LogP contribution in [0.25, 0.3) is 10.9 Å². The minimum absolute atomic E-state index is 0.362. The third-order valence-corrected chi connectivity index (χ3v) is 6.43. The molecule has 0 saturated heterocycles. The van der Waals surface area contributed by atoms with Gasteiger partial charge < -0.3 is 9.67 Å². The smallest absolute Gasteiger partial charge is 0.337 e. The van der Waals surface area contributed by atoms with Crippen molar-refractivity contribution in [1.29, 1.82) is 5.26 Å². The summed E-state index contributed by atoms with van der Waals surface area (Å²) >= 11 is 0. The Morgan fingerprint density at radius 1 is 1.23 bits per heavy atom. The topological polar surface area (TPSA) is 66.0 Å². The van der Waals surface area contributed by atoms with Gasteiger partial charge in [-0.05, 0) is 54.5 Å². The first-order valence-electron chi connectivity index (χ1n) is 11.0. The number of aromatic nitrogens is 1. The highest BCUT2D eigenvalue weighted by Gasteiger charge is 2.27. The van der Waals surface area contributed by atoms with E-state index in [-0.39, 0.29) is 0 Å². The molecule has 4 nitrogen and oxygen atoms in total. The van der Waals surface area contributed by atoms with Crippen molar-refractivity contribution in [3.63, 3.8) is 0 Å². The maximum atomic E-state index is 12.0. The Morgan fingerprint density at radius 2 is 2.07 bits per heavy atom. The Bertz CT molecular complexity index is 1120. The lowest BCUT2D eigenvalue weighted by Gasteiger charge is -2.24. The average molecular weight is 401 g/mol. The van der Waals surface area contributed by atoms with Crippen LogP contribution in [0.3, 0.4) is 0 Å². The summed E-state index contributed by atoms with van der Waals surface area (Å²) in [5.74, 6) is -0.208. The van der Waals surface area contributed by atoms with Gasteiger partial charge in [0.05, 0.1) is 22.7 Å². The van der Waals surface area contributed by atoms with Gasteiger partial charge >= 0.3 is 5.97 Å². The fourth-order valence-corrected chi connectivity index (χ4v) is 4.97. The van der Waals surface area contributed by atoms with E-state index < -0.39 is 5.97 Å². The highest BCUT2D eigenvalue weighted by molar-refractivity contribution is 6.04. The van der Waals surface area contributed by atoms with Crippen molar-refractivity contribution in [2.75, 3.05) is 0 Å². The number of unbranched alkanes of at least 4 members (excludes halogenated alkanes) is 2. The predicted molar refractivity (Wildman–Crippen MR) is 119 cm³/mol. The number of rotatable bonds is 7. The molecule has 30 heavy (non-hydrogen) atoms. The van der Waals surface area contributed by atoms with Crippen LogP contribution in [0.4, 0.5) is 0 Å². The van der Waals surface area contributed by atoms with E-state index in [0.29, 0.717) is 23.6 Å². The third-order valence-electron chi connectivity index (χ3n) is 6.43. The van der Waals surface area contributed by atoms with Gasteiger partial charge in [-0.2, -0.15) is 5.26 Å². The summed E-state index contributed by atoms with van der Waals surface area (Å²) in [5, 5.41) is 20.2. The number of nitrogens with zero attached hydrogens (tertiary/aromatic N) is 2. The zero-order chi connectivity index (χ0) is 21.1. The van der Waals surface area contributed by atoms with E-state index in [9.17, 15) is 15.2 Å². The molecule has 0 spiro atoms. The summed E-state index contributed by atoms with van der Waals surface area (Å²) in [4.78, 5) is 12.0. The van der Waals surface area contributed by atoms with Crippen molar-refractivity contribution in [3.8, 4) is 6.07 Å². The minimum atomic E-state index is -0.887. The van der Waals surface area contributed by atoms with Crippen LogP contribution in [0.1, 0.15) is 71.8 Å². The molecule has 1 atom stereocenters. The molecule has 4 rings (SSSR count). The molecular formula is C26H28N2O2. The predicted octanol–water partition coefficient (Wildman–Crippen LogP) is 5.94. The Labute approximate surface area is 177 Å². The van der Waals surface area contributed by atoms with Gasteiger partial charge in [0.2, 0.25) is 0 Å². The SMILES string of the molecule is CCCCCC1CCc2c(c3cccc(C(=O)O)c3n2Cc2cccc(C#N)c2)C1. The quantitative estimate of drug-likeness (QED) is 0.499. The first-order valence-corrected chi connectivity index (χ1v) is 11.0. The van der Waals surface area contributed by atoms with Crippen LogP contribution in [0.5, 0.6) is 0 Å². The number of carboxylic acids is 1. The second kappa shape index (κ2) is 8.75. The summed E-state index contributed by atoms with van der Waals surface area (Å²) in [6, 6.07) is 15.5. The van der Waals surface area contributed by atoms with Crippen LogP contribution < -0.4 is 0 Å². The highest BCUT2D eigenvalue weighted by Crippen LogP contribution is 2.38. The number of carbonyl (C=O) groups is 1. The fraction of sp³-hybridized carbons (Fsp3) is 0.385. The molecule has 1 aliphatic rings. The lowest BCUT2D eigenvalue weighted by molar-refractivity contribution is 0.0698. The van der Waals surface area contributed by atoms with Crippen LogP contribution in [-0.2, 0) is 19.4 Å². The number of benzene rings is 2. The summed E-state index contributed by atoms with van der Waals surface area (Å²) in [6.07, 6.45) is 8.22. The van der Waals surface area contributed by atoms with Gasteiger partial charge in [-0.3, -0.25) is 0 Å². The minimum Gasteiger partial charge on any atom is -0.478 e. The van der Waals surface area contributed by atoms with Gasteiger partial charge in [0.1, 0.15) is 0 Å². The lowest BCUT2D eigenvalue weighted by Crippen LogP contribution is -2.17. The molecule has 4 heteroatoms. The molecule has 3 aromatic rings. The van der Waals surface area contributed by atoms with E-state index in [0.717, 1.165) is 35.7 Å². The molecule has 1 unspecified atom stereocenters. The Kier molecular flexibility index (Phi) is 5.90. The normalized spacial score (nSPS) is 15.7. The van der Waals surface area contributed by atoms with Crippen molar-refractivity contribution >= 4 is 16.9 Å². The van der Waals surface area contributed by atoms with Crippen molar-refractivity contribution in [2.45, 2.75) is 58.4 Å². The molecule has 1 aliphatic carbocycles. The van der Waals surface area contributed by atoms with Gasteiger partial charge in [0.25, 0.3) is 0 Å². The second-order valence-electron chi connectivity index (χ2n) is 8.44. The maximum absolute atomic E-state index is 12.0. The molecule has 1 heterocycles. The maximum Gasteiger partial charge on any atom is 0.337 e. The number of hydrogen-bond donors (Lipinski definition) is 1. The van der Waals surface area contributed by atoms with Crippen molar-refractivity contribution in [2.24, 2.45) is 5.92 Å². The molecule has 0 fully saturated rings. The lowest BCUT2D eigenvalue weighted by atomic mass is 9.83. The monoisotopic (exact) mass is 400 g/mol. The molecule has 0 radical (unpaired) electrons. The molecular weight excluding hydrogens is 372 g/mol. The van der Waals surface area contributed by atoms with Gasteiger partial charge in [-0.15, -0.1) is 0 Å². The number of carboxylic acid groups (broad SMARTS) is 1. The second-order valence-corrected chi connectivity index (χ2v) is 8.44. The number of fused-ring (bicyclic) bond motifs is 3. The molecule has 154 valence electrons. The summed E-state index contributed by atoms with van der Waals surface area (Å²) in [7, 11) is 0. The van der Waals surface area contributed by atoms with Crippen LogP contribution in [0, 0.1) is 17.2 Å². The van der Waals surface area contributed by atoms with E-state index in [4.69, 9.17) is 0 Å². The molecule has 0 aliphatic heterocycles. The van der Waals surface area contributed by atoms with Crippen LogP contribution in [0.15, 0.2) is 42.5 Å². The van der Waals surface area contributed by atoms with E-state index >= 15 is 0 Å². The molecule has 0 bridgehead atoms. The van der Waals surface area contributed by atoms with E-state index in [1.165, 1.54) is 36.9 Å². The van der Waals surface area contributed by atoms with Gasteiger partial charge in [0.15, 0.2) is 0 Å². The zero-order valence-electron chi connectivity index (χ0n) is 17.5. The standard InChI is InChI=1S/C26H28N2O2/c1-2-3-4-7-18-12-13-24-23(15-18)21-10-6-11-22(26(29)30)25(21)28(24)17-20-9-5-8-19(14-20)16-27/h5-6,8-11,14,18H,2-4,7,12-13,15,17H2,1H3,(H,29,30). The first-order chi connectivity index (χ1) is 14.6. The number of para-hydroxylation sites is 1. The zero-order valence-corrected chi connectivity index (χ0v) is 17.5. The van der Waals surface area contributed by atoms with Crippen LogP contribution in [0.2, 0.25) is 0 Å². The fourth-order valence-electron chi connectivity index (χ4n) is 4.97. The number of aromatic carboxylic acids is 1. The van der Waals surface area contributed by atoms with Crippen LogP contribution >= 0.6 is 0 Å². The highest BCUT2D eigenvalue weighted by atomic mass is 16.4. The van der Waals surface area contributed by atoms with E-state index in [1.807, 2.05) is 24.3 Å².